The van der Waals surface area contributed by atoms with Crippen molar-refractivity contribution in [2.75, 3.05) is 5.32 Å². The van der Waals surface area contributed by atoms with Crippen LogP contribution in [0, 0.1) is 5.82 Å². The molecule has 2 amide bonds. The minimum absolute atomic E-state index is 0.0850. The highest BCUT2D eigenvalue weighted by molar-refractivity contribution is 9.10. The molecule has 0 aliphatic rings. The number of halogens is 2. The molecule has 3 aromatic rings. The van der Waals surface area contributed by atoms with Crippen LogP contribution in [0.4, 0.5) is 10.1 Å². The van der Waals surface area contributed by atoms with Crippen molar-refractivity contribution >= 4 is 33.4 Å². The molecule has 1 unspecified atom stereocenters. The van der Waals surface area contributed by atoms with Crippen molar-refractivity contribution in [2.24, 2.45) is 5.73 Å². The van der Waals surface area contributed by atoms with Gasteiger partial charge >= 0.3 is 0 Å². The van der Waals surface area contributed by atoms with E-state index < -0.39 is 23.7 Å². The standard InChI is InChI=1S/C21H16BrFN2O3/c22-15-7-9-16(10-8-15)28-19(13-4-2-1-3-5-13)21(27)25-18-12-14(20(24)26)6-11-17(18)23/h1-12,19H,(H2,24,26)(H,25,27). The summed E-state index contributed by atoms with van der Waals surface area (Å²) in [7, 11) is 0. The van der Waals surface area contributed by atoms with Gasteiger partial charge in [0.05, 0.1) is 5.69 Å². The van der Waals surface area contributed by atoms with Gasteiger partial charge in [0.2, 0.25) is 12.0 Å². The van der Waals surface area contributed by atoms with Gasteiger partial charge in [0.25, 0.3) is 5.91 Å². The van der Waals surface area contributed by atoms with E-state index in [1.54, 1.807) is 48.5 Å². The minimum atomic E-state index is -1.03. The highest BCUT2D eigenvalue weighted by atomic mass is 79.9. The van der Waals surface area contributed by atoms with Gasteiger partial charge in [-0.2, -0.15) is 0 Å². The Hall–Kier alpha value is -3.19. The third-order valence-corrected chi connectivity index (χ3v) is 4.45. The van der Waals surface area contributed by atoms with Gasteiger partial charge in [-0.15, -0.1) is 0 Å². The molecule has 3 rings (SSSR count). The number of nitrogens with two attached hydrogens (primary N) is 1. The monoisotopic (exact) mass is 442 g/mol. The molecule has 0 bridgehead atoms. The maximum absolute atomic E-state index is 14.1. The van der Waals surface area contributed by atoms with Crippen LogP contribution >= 0.6 is 15.9 Å². The average Bonchev–Trinajstić information content (AvgIpc) is 2.69. The second-order valence-corrected chi connectivity index (χ2v) is 6.83. The first-order valence-electron chi connectivity index (χ1n) is 8.31. The first kappa shape index (κ1) is 19.6. The van der Waals surface area contributed by atoms with Crippen LogP contribution < -0.4 is 15.8 Å². The largest absolute Gasteiger partial charge is 0.476 e. The molecule has 1 atom stereocenters. The molecule has 0 saturated carbocycles. The molecule has 0 aliphatic carbocycles. The van der Waals surface area contributed by atoms with Crippen LogP contribution in [-0.4, -0.2) is 11.8 Å². The Morgan fingerprint density at radius 3 is 2.32 bits per heavy atom. The van der Waals surface area contributed by atoms with Gasteiger partial charge < -0.3 is 15.8 Å². The van der Waals surface area contributed by atoms with E-state index in [2.05, 4.69) is 21.2 Å². The molecular formula is C21H16BrFN2O3. The highest BCUT2D eigenvalue weighted by Gasteiger charge is 2.24. The van der Waals surface area contributed by atoms with Crippen LogP contribution in [0.3, 0.4) is 0 Å². The molecule has 5 nitrogen and oxygen atoms in total. The number of carbonyl (C=O) groups is 2. The van der Waals surface area contributed by atoms with E-state index >= 15 is 0 Å². The zero-order chi connectivity index (χ0) is 20.1. The molecule has 0 heterocycles. The number of amides is 2. The maximum Gasteiger partial charge on any atom is 0.270 e. The van der Waals surface area contributed by atoms with E-state index in [-0.39, 0.29) is 11.3 Å². The SMILES string of the molecule is NC(=O)c1ccc(F)c(NC(=O)C(Oc2ccc(Br)cc2)c2ccccc2)c1. The number of carbonyl (C=O) groups excluding carboxylic acids is 2. The van der Waals surface area contributed by atoms with Crippen molar-refractivity contribution in [1.29, 1.82) is 0 Å². The van der Waals surface area contributed by atoms with E-state index in [1.807, 2.05) is 6.07 Å². The van der Waals surface area contributed by atoms with Gasteiger partial charge in [0.15, 0.2) is 0 Å². The second kappa shape index (κ2) is 8.67. The molecule has 142 valence electrons. The zero-order valence-electron chi connectivity index (χ0n) is 14.6. The summed E-state index contributed by atoms with van der Waals surface area (Å²) in [5, 5.41) is 2.48. The van der Waals surface area contributed by atoms with Gasteiger partial charge in [0.1, 0.15) is 11.6 Å². The van der Waals surface area contributed by atoms with Gasteiger partial charge in [-0.05, 0) is 42.5 Å². The number of primary amides is 1. The number of rotatable bonds is 6. The van der Waals surface area contributed by atoms with Crippen molar-refractivity contribution in [3.05, 3.63) is 94.2 Å². The summed E-state index contributed by atoms with van der Waals surface area (Å²) in [5.74, 6) is -1.52. The molecule has 0 aromatic heterocycles. The fraction of sp³-hybridized carbons (Fsp3) is 0.0476. The summed E-state index contributed by atoms with van der Waals surface area (Å²) in [6, 6.07) is 19.3. The summed E-state index contributed by atoms with van der Waals surface area (Å²) in [6.45, 7) is 0. The van der Waals surface area contributed by atoms with Crippen LogP contribution in [0.1, 0.15) is 22.0 Å². The number of ether oxygens (including phenoxy) is 1. The molecule has 0 saturated heterocycles. The summed E-state index contributed by atoms with van der Waals surface area (Å²) < 4.78 is 20.8. The highest BCUT2D eigenvalue weighted by Crippen LogP contribution is 2.26. The lowest BCUT2D eigenvalue weighted by molar-refractivity contribution is -0.123. The molecule has 0 spiro atoms. The molecule has 28 heavy (non-hydrogen) atoms. The lowest BCUT2D eigenvalue weighted by Gasteiger charge is -2.19. The van der Waals surface area contributed by atoms with E-state index in [9.17, 15) is 14.0 Å². The lowest BCUT2D eigenvalue weighted by Crippen LogP contribution is -2.26. The van der Waals surface area contributed by atoms with Gasteiger partial charge in [0, 0.05) is 15.6 Å². The predicted octanol–water partition coefficient (Wildman–Crippen LogP) is 4.45. The topological polar surface area (TPSA) is 81.4 Å². The number of hydrogen-bond donors (Lipinski definition) is 2. The van der Waals surface area contributed by atoms with Crippen molar-refractivity contribution in [1.82, 2.24) is 0 Å². The van der Waals surface area contributed by atoms with Crippen LogP contribution in [0.2, 0.25) is 0 Å². The van der Waals surface area contributed by atoms with E-state index in [4.69, 9.17) is 10.5 Å². The lowest BCUT2D eigenvalue weighted by atomic mass is 10.1. The molecule has 0 fully saturated rings. The van der Waals surface area contributed by atoms with Crippen molar-refractivity contribution in [3.63, 3.8) is 0 Å². The normalized spacial score (nSPS) is 11.5. The Bertz CT molecular complexity index is 994. The Kier molecular flexibility index (Phi) is 6.06. The molecule has 0 aliphatic heterocycles. The Morgan fingerprint density at radius 2 is 1.68 bits per heavy atom. The third kappa shape index (κ3) is 4.75. The molecule has 7 heteroatoms. The van der Waals surface area contributed by atoms with Crippen LogP contribution in [0.5, 0.6) is 5.75 Å². The summed E-state index contributed by atoms with van der Waals surface area (Å²) in [5.41, 5.74) is 5.75. The van der Waals surface area contributed by atoms with E-state index in [1.165, 1.54) is 12.1 Å². The van der Waals surface area contributed by atoms with Crippen molar-refractivity contribution < 1.29 is 18.7 Å². The smallest absolute Gasteiger partial charge is 0.270 e. The van der Waals surface area contributed by atoms with Gasteiger partial charge in [-0.25, -0.2) is 4.39 Å². The molecular weight excluding hydrogens is 427 g/mol. The molecule has 3 N–H and O–H groups in total. The second-order valence-electron chi connectivity index (χ2n) is 5.91. The summed E-state index contributed by atoms with van der Waals surface area (Å²) in [4.78, 5) is 24.2. The Morgan fingerprint density at radius 1 is 1.00 bits per heavy atom. The maximum atomic E-state index is 14.1. The number of hydrogen-bond acceptors (Lipinski definition) is 3. The number of nitrogens with one attached hydrogen (secondary N) is 1. The first-order valence-corrected chi connectivity index (χ1v) is 9.11. The van der Waals surface area contributed by atoms with E-state index in [0.717, 1.165) is 10.5 Å². The fourth-order valence-electron chi connectivity index (χ4n) is 2.52. The summed E-state index contributed by atoms with van der Waals surface area (Å²) in [6.07, 6.45) is -1.03. The Balaban J connectivity index is 1.90. The van der Waals surface area contributed by atoms with Crippen molar-refractivity contribution in [3.8, 4) is 5.75 Å². The van der Waals surface area contributed by atoms with Gasteiger partial charge in [-0.3, -0.25) is 9.59 Å². The van der Waals surface area contributed by atoms with Crippen LogP contribution in [0.25, 0.3) is 0 Å². The number of benzene rings is 3. The summed E-state index contributed by atoms with van der Waals surface area (Å²) >= 11 is 3.34. The Labute approximate surface area is 169 Å². The van der Waals surface area contributed by atoms with Crippen LogP contribution in [0.15, 0.2) is 77.3 Å². The van der Waals surface area contributed by atoms with E-state index in [0.29, 0.717) is 11.3 Å². The quantitative estimate of drug-likeness (QED) is 0.591. The average molecular weight is 443 g/mol. The predicted molar refractivity (Wildman–Crippen MR) is 108 cm³/mol. The molecule has 3 aromatic carbocycles. The number of anilines is 1. The first-order chi connectivity index (χ1) is 13.4. The zero-order valence-corrected chi connectivity index (χ0v) is 16.1. The third-order valence-electron chi connectivity index (χ3n) is 3.92. The molecule has 0 radical (unpaired) electrons. The van der Waals surface area contributed by atoms with Gasteiger partial charge in [-0.1, -0.05) is 46.3 Å². The minimum Gasteiger partial charge on any atom is -0.476 e. The van der Waals surface area contributed by atoms with Crippen molar-refractivity contribution in [2.45, 2.75) is 6.10 Å². The van der Waals surface area contributed by atoms with Crippen LogP contribution in [-0.2, 0) is 4.79 Å². The fourth-order valence-corrected chi connectivity index (χ4v) is 2.79.